The quantitative estimate of drug-likeness (QED) is 0.358. The second-order valence-electron chi connectivity index (χ2n) is 10.1. The third kappa shape index (κ3) is 6.42. The molecular weight excluding hydrogens is 479 g/mol. The number of benzene rings is 2. The third-order valence-corrected chi connectivity index (χ3v) is 10.4. The van der Waals surface area contributed by atoms with E-state index in [0.29, 0.717) is 22.9 Å². The third-order valence-electron chi connectivity index (χ3n) is 6.99. The molecule has 0 radical (unpaired) electrons. The highest BCUT2D eigenvalue weighted by Gasteiger charge is 2.34. The molecule has 190 valence electrons. The van der Waals surface area contributed by atoms with Gasteiger partial charge in [-0.1, -0.05) is 55.0 Å². The van der Waals surface area contributed by atoms with Crippen molar-refractivity contribution in [1.29, 1.82) is 0 Å². The van der Waals surface area contributed by atoms with Crippen LogP contribution in [0.2, 0.25) is 19.1 Å². The van der Waals surface area contributed by atoms with Gasteiger partial charge in [-0.05, 0) is 62.2 Å². The van der Waals surface area contributed by atoms with E-state index in [1.165, 1.54) is 73.4 Å². The number of aromatic nitrogens is 1. The number of pyridine rings is 1. The summed E-state index contributed by atoms with van der Waals surface area (Å²) in [6.07, 6.45) is 1.88. The van der Waals surface area contributed by atoms with Gasteiger partial charge in [0.05, 0.1) is 19.3 Å². The van der Waals surface area contributed by atoms with Crippen LogP contribution in [0.4, 0.5) is 18.9 Å². The average molecular weight is 512 g/mol. The summed E-state index contributed by atoms with van der Waals surface area (Å²) in [4.78, 5) is 16.6. The maximum absolute atomic E-state index is 13.3. The number of carbonyl (C=O) groups excluding carboxylic acids is 1. The van der Waals surface area contributed by atoms with E-state index < -0.39 is 19.8 Å². The molecule has 1 atom stereocenters. The molecule has 4 rings (SSSR count). The van der Waals surface area contributed by atoms with Crippen LogP contribution in [0.15, 0.2) is 66.9 Å². The Hall–Kier alpha value is -2.97. The maximum Gasteiger partial charge on any atom is 0.418 e. The summed E-state index contributed by atoms with van der Waals surface area (Å²) in [6.45, 7) is 5.90. The predicted molar refractivity (Wildman–Crippen MR) is 141 cm³/mol. The summed E-state index contributed by atoms with van der Waals surface area (Å²) in [5.41, 5.74) is 0.402. The SMILES string of the molecule is C[Si](C)(CCC1CCCCN1)c1ccc(NC(=O)c2ccc(-c3ncccc3C(F)(F)F)cc2)cc1. The summed E-state index contributed by atoms with van der Waals surface area (Å²) in [5.74, 6) is -0.314. The Balaban J connectivity index is 1.39. The van der Waals surface area contributed by atoms with E-state index in [0.717, 1.165) is 12.6 Å². The number of halogens is 3. The number of carbonyl (C=O) groups is 1. The summed E-state index contributed by atoms with van der Waals surface area (Å²) in [7, 11) is -1.59. The van der Waals surface area contributed by atoms with E-state index in [9.17, 15) is 18.0 Å². The molecule has 0 spiro atoms. The van der Waals surface area contributed by atoms with Gasteiger partial charge in [0.15, 0.2) is 0 Å². The van der Waals surface area contributed by atoms with Crippen LogP contribution in [0.3, 0.4) is 0 Å². The monoisotopic (exact) mass is 511 g/mol. The highest BCUT2D eigenvalue weighted by molar-refractivity contribution is 6.89. The molecule has 0 bridgehead atoms. The van der Waals surface area contributed by atoms with Crippen molar-refractivity contribution in [3.8, 4) is 11.3 Å². The fourth-order valence-corrected chi connectivity index (χ4v) is 7.13. The lowest BCUT2D eigenvalue weighted by Crippen LogP contribution is -2.43. The van der Waals surface area contributed by atoms with Crippen molar-refractivity contribution in [2.75, 3.05) is 11.9 Å². The van der Waals surface area contributed by atoms with Crippen molar-refractivity contribution in [3.05, 3.63) is 78.0 Å². The molecule has 8 heteroatoms. The number of hydrogen-bond donors (Lipinski definition) is 2. The zero-order chi connectivity index (χ0) is 25.8. The van der Waals surface area contributed by atoms with Gasteiger partial charge in [-0.25, -0.2) is 0 Å². The Morgan fingerprint density at radius 1 is 1.06 bits per heavy atom. The van der Waals surface area contributed by atoms with Crippen LogP contribution < -0.4 is 15.8 Å². The molecule has 4 nitrogen and oxygen atoms in total. The second kappa shape index (κ2) is 11.0. The maximum atomic E-state index is 13.3. The molecule has 2 N–H and O–H groups in total. The van der Waals surface area contributed by atoms with Crippen LogP contribution in [-0.2, 0) is 6.18 Å². The molecule has 0 saturated carbocycles. The summed E-state index contributed by atoms with van der Waals surface area (Å²) in [6, 6.07) is 18.2. The lowest BCUT2D eigenvalue weighted by atomic mass is 10.0. The van der Waals surface area contributed by atoms with Crippen LogP contribution >= 0.6 is 0 Å². The van der Waals surface area contributed by atoms with Crippen LogP contribution in [-0.4, -0.2) is 31.6 Å². The number of alkyl halides is 3. The number of nitrogens with zero attached hydrogens (tertiary/aromatic N) is 1. The molecule has 36 heavy (non-hydrogen) atoms. The minimum atomic E-state index is -4.50. The highest BCUT2D eigenvalue weighted by Crippen LogP contribution is 2.35. The van der Waals surface area contributed by atoms with Gasteiger partial charge in [0.2, 0.25) is 0 Å². The molecule has 3 aromatic rings. The minimum Gasteiger partial charge on any atom is -0.322 e. The summed E-state index contributed by atoms with van der Waals surface area (Å²) < 4.78 is 39.9. The summed E-state index contributed by atoms with van der Waals surface area (Å²) in [5, 5.41) is 7.88. The van der Waals surface area contributed by atoms with E-state index in [-0.39, 0.29) is 11.6 Å². The largest absolute Gasteiger partial charge is 0.418 e. The first-order valence-electron chi connectivity index (χ1n) is 12.4. The Kier molecular flexibility index (Phi) is 7.95. The number of hydrogen-bond acceptors (Lipinski definition) is 3. The van der Waals surface area contributed by atoms with Gasteiger partial charge in [-0.3, -0.25) is 9.78 Å². The lowest BCUT2D eigenvalue weighted by Gasteiger charge is -2.28. The smallest absolute Gasteiger partial charge is 0.322 e. The van der Waals surface area contributed by atoms with Crippen LogP contribution in [0.25, 0.3) is 11.3 Å². The zero-order valence-corrected chi connectivity index (χ0v) is 21.7. The van der Waals surface area contributed by atoms with Crippen molar-refractivity contribution in [3.63, 3.8) is 0 Å². The van der Waals surface area contributed by atoms with Gasteiger partial charge >= 0.3 is 6.18 Å². The molecule has 2 heterocycles. The van der Waals surface area contributed by atoms with Crippen molar-refractivity contribution >= 4 is 24.9 Å². The molecule has 1 amide bonds. The van der Waals surface area contributed by atoms with Crippen LogP contribution in [0.1, 0.15) is 41.6 Å². The minimum absolute atomic E-state index is 0.154. The number of amides is 1. The molecular formula is C28H32F3N3OSi. The van der Waals surface area contributed by atoms with E-state index >= 15 is 0 Å². The molecule has 1 saturated heterocycles. The number of piperidine rings is 1. The van der Waals surface area contributed by atoms with Crippen molar-refractivity contribution in [2.24, 2.45) is 0 Å². The molecule has 1 aliphatic rings. The van der Waals surface area contributed by atoms with E-state index in [1.807, 2.05) is 12.1 Å². The Labute approximate surface area is 211 Å². The first-order valence-corrected chi connectivity index (χ1v) is 15.6. The Morgan fingerprint density at radius 2 is 1.78 bits per heavy atom. The zero-order valence-electron chi connectivity index (χ0n) is 20.7. The highest BCUT2D eigenvalue weighted by atomic mass is 28.3. The number of rotatable bonds is 7. The van der Waals surface area contributed by atoms with Gasteiger partial charge in [0, 0.05) is 29.1 Å². The van der Waals surface area contributed by atoms with Crippen LogP contribution in [0, 0.1) is 0 Å². The Morgan fingerprint density at radius 3 is 2.42 bits per heavy atom. The molecule has 0 aliphatic carbocycles. The van der Waals surface area contributed by atoms with Gasteiger partial charge in [0.1, 0.15) is 0 Å². The van der Waals surface area contributed by atoms with Crippen molar-refractivity contribution < 1.29 is 18.0 Å². The van der Waals surface area contributed by atoms with E-state index in [1.54, 1.807) is 0 Å². The molecule has 1 aliphatic heterocycles. The fourth-order valence-electron chi connectivity index (χ4n) is 4.70. The molecule has 2 aromatic carbocycles. The molecule has 1 aromatic heterocycles. The predicted octanol–water partition coefficient (Wildman–Crippen LogP) is 6.47. The standard InChI is InChI=1S/C28H32F3N3OSi/c1-36(2,19-16-22-6-3-4-17-32-22)24-14-12-23(13-15-24)34-27(35)21-10-8-20(9-11-21)26-25(28(29,30)31)7-5-18-33-26/h5,7-15,18,22,32H,3-4,6,16-17,19H2,1-2H3,(H,34,35). The topological polar surface area (TPSA) is 54.0 Å². The number of nitrogens with one attached hydrogen (secondary N) is 2. The number of anilines is 1. The van der Waals surface area contributed by atoms with Gasteiger partial charge in [0.25, 0.3) is 5.91 Å². The van der Waals surface area contributed by atoms with E-state index in [2.05, 4.69) is 40.8 Å². The van der Waals surface area contributed by atoms with E-state index in [4.69, 9.17) is 0 Å². The first-order chi connectivity index (χ1) is 17.1. The van der Waals surface area contributed by atoms with Gasteiger partial charge in [-0.2, -0.15) is 13.2 Å². The fraction of sp³-hybridized carbons (Fsp3) is 0.357. The van der Waals surface area contributed by atoms with Crippen LogP contribution in [0.5, 0.6) is 0 Å². The average Bonchev–Trinajstić information content (AvgIpc) is 2.88. The normalized spacial score (nSPS) is 16.5. The second-order valence-corrected chi connectivity index (χ2v) is 14.9. The molecule has 1 fully saturated rings. The van der Waals surface area contributed by atoms with Crippen molar-refractivity contribution in [2.45, 2.75) is 57.0 Å². The van der Waals surface area contributed by atoms with Gasteiger partial charge < -0.3 is 10.6 Å². The Bertz CT molecular complexity index is 1170. The summed E-state index contributed by atoms with van der Waals surface area (Å²) >= 11 is 0. The van der Waals surface area contributed by atoms with Crippen molar-refractivity contribution in [1.82, 2.24) is 10.3 Å². The molecule has 1 unspecified atom stereocenters. The van der Waals surface area contributed by atoms with Gasteiger partial charge in [-0.15, -0.1) is 0 Å². The lowest BCUT2D eigenvalue weighted by molar-refractivity contribution is -0.137. The first kappa shape index (κ1) is 26.1.